The van der Waals surface area contributed by atoms with Gasteiger partial charge in [-0.1, -0.05) is 29.8 Å². The first-order chi connectivity index (χ1) is 12.4. The molecular weight excluding hydrogens is 310 g/mol. The van der Waals surface area contributed by atoms with E-state index in [1.165, 1.54) is 31.2 Å². The number of rotatable bonds is 6. The summed E-state index contributed by atoms with van der Waals surface area (Å²) in [5, 5.41) is 6.83. The molecule has 1 aliphatic carbocycles. The van der Waals surface area contributed by atoms with E-state index in [2.05, 4.69) is 44.9 Å². The number of allylic oxidation sites excluding steroid dienone is 1. The Balaban J connectivity index is 1.52. The Morgan fingerprint density at radius 1 is 1.24 bits per heavy atom. The summed E-state index contributed by atoms with van der Waals surface area (Å²) in [6.45, 7) is 1.64. The summed E-state index contributed by atoms with van der Waals surface area (Å²) in [5.41, 5.74) is 3.92. The molecule has 0 saturated carbocycles. The lowest BCUT2D eigenvalue weighted by Gasteiger charge is -2.16. The molecule has 0 aliphatic heterocycles. The Hall–Kier alpha value is -2.56. The largest absolute Gasteiger partial charge is 0.356 e. The molecule has 1 aromatic carbocycles. The molecule has 1 heterocycles. The van der Waals surface area contributed by atoms with Gasteiger partial charge in [-0.2, -0.15) is 0 Å². The summed E-state index contributed by atoms with van der Waals surface area (Å²) in [6, 6.07) is 8.33. The summed E-state index contributed by atoms with van der Waals surface area (Å²) >= 11 is 0. The number of guanidine groups is 1. The standard InChI is InChI=1S/C20H27N5/c1-21-20(23-12-11-17-7-3-2-4-8-17)24-15-18-9-5-6-10-19(18)25-14-13-22-16-25/h5-7,9-10,13-14,16H,2-4,8,11-12,15H2,1H3,(H2,21,23,24). The Morgan fingerprint density at radius 2 is 2.16 bits per heavy atom. The van der Waals surface area contributed by atoms with Gasteiger partial charge in [0, 0.05) is 32.5 Å². The molecule has 3 rings (SSSR count). The molecule has 0 fully saturated rings. The van der Waals surface area contributed by atoms with E-state index >= 15 is 0 Å². The third kappa shape index (κ3) is 4.95. The average Bonchev–Trinajstić information content (AvgIpc) is 3.20. The number of nitrogens with zero attached hydrogens (tertiary/aromatic N) is 3. The van der Waals surface area contributed by atoms with Crippen molar-refractivity contribution in [3.8, 4) is 5.69 Å². The van der Waals surface area contributed by atoms with Gasteiger partial charge in [0.25, 0.3) is 0 Å². The maximum atomic E-state index is 4.33. The second kappa shape index (κ2) is 9.06. The fraction of sp³-hybridized carbons (Fsp3) is 0.400. The number of imidazole rings is 1. The van der Waals surface area contributed by atoms with Crippen molar-refractivity contribution in [1.29, 1.82) is 0 Å². The predicted molar refractivity (Wildman–Crippen MR) is 103 cm³/mol. The highest BCUT2D eigenvalue weighted by atomic mass is 15.2. The number of para-hydroxylation sites is 1. The smallest absolute Gasteiger partial charge is 0.191 e. The van der Waals surface area contributed by atoms with Crippen molar-refractivity contribution < 1.29 is 0 Å². The van der Waals surface area contributed by atoms with Crippen LogP contribution in [0.15, 0.2) is 59.6 Å². The number of hydrogen-bond donors (Lipinski definition) is 2. The summed E-state index contributed by atoms with van der Waals surface area (Å²) < 4.78 is 2.03. The van der Waals surface area contributed by atoms with Gasteiger partial charge < -0.3 is 15.2 Å². The van der Waals surface area contributed by atoms with Crippen LogP contribution >= 0.6 is 0 Å². The first kappa shape index (κ1) is 17.3. The summed E-state index contributed by atoms with van der Waals surface area (Å²) in [6.07, 6.45) is 14.3. The van der Waals surface area contributed by atoms with E-state index in [4.69, 9.17) is 0 Å². The van der Waals surface area contributed by atoms with E-state index in [1.54, 1.807) is 11.8 Å². The Morgan fingerprint density at radius 3 is 2.92 bits per heavy atom. The molecule has 1 aliphatic rings. The molecule has 25 heavy (non-hydrogen) atoms. The Bertz CT molecular complexity index is 715. The second-order valence-electron chi connectivity index (χ2n) is 6.31. The van der Waals surface area contributed by atoms with Crippen LogP contribution in [0.5, 0.6) is 0 Å². The van der Waals surface area contributed by atoms with E-state index < -0.39 is 0 Å². The lowest BCUT2D eigenvalue weighted by atomic mass is 9.97. The SMILES string of the molecule is CN=C(NCCC1=CCCCC1)NCc1ccccc1-n1ccnc1. The van der Waals surface area contributed by atoms with Gasteiger partial charge in [0.15, 0.2) is 5.96 Å². The monoisotopic (exact) mass is 337 g/mol. The molecule has 0 bridgehead atoms. The van der Waals surface area contributed by atoms with Gasteiger partial charge in [0.05, 0.1) is 12.0 Å². The first-order valence-corrected chi connectivity index (χ1v) is 9.05. The quantitative estimate of drug-likeness (QED) is 0.482. The van der Waals surface area contributed by atoms with Crippen LogP contribution in [0.3, 0.4) is 0 Å². The molecule has 5 heteroatoms. The van der Waals surface area contributed by atoms with Gasteiger partial charge in [-0.3, -0.25) is 4.99 Å². The normalized spacial score (nSPS) is 14.9. The van der Waals surface area contributed by atoms with Crippen molar-refractivity contribution in [1.82, 2.24) is 20.2 Å². The first-order valence-electron chi connectivity index (χ1n) is 9.05. The number of aromatic nitrogens is 2. The molecule has 0 amide bonds. The van der Waals surface area contributed by atoms with Gasteiger partial charge in [0.2, 0.25) is 0 Å². The maximum absolute atomic E-state index is 4.33. The van der Waals surface area contributed by atoms with E-state index in [9.17, 15) is 0 Å². The third-order valence-corrected chi connectivity index (χ3v) is 4.57. The highest BCUT2D eigenvalue weighted by Crippen LogP contribution is 2.19. The molecule has 0 spiro atoms. The van der Waals surface area contributed by atoms with E-state index in [0.29, 0.717) is 0 Å². The second-order valence-corrected chi connectivity index (χ2v) is 6.31. The Kier molecular flexibility index (Phi) is 6.26. The van der Waals surface area contributed by atoms with Crippen molar-refractivity contribution in [2.45, 2.75) is 38.6 Å². The zero-order chi connectivity index (χ0) is 17.3. The van der Waals surface area contributed by atoms with Crippen LogP contribution in [0.25, 0.3) is 5.69 Å². The van der Waals surface area contributed by atoms with Crippen LogP contribution in [0.2, 0.25) is 0 Å². The number of aliphatic imine (C=N–C) groups is 1. The molecule has 0 radical (unpaired) electrons. The van der Waals surface area contributed by atoms with E-state index in [0.717, 1.165) is 31.2 Å². The molecule has 1 aromatic heterocycles. The number of hydrogen-bond acceptors (Lipinski definition) is 2. The van der Waals surface area contributed by atoms with Crippen molar-refractivity contribution in [2.75, 3.05) is 13.6 Å². The van der Waals surface area contributed by atoms with Gasteiger partial charge in [-0.25, -0.2) is 4.98 Å². The number of nitrogens with one attached hydrogen (secondary N) is 2. The Labute approximate surface area is 149 Å². The van der Waals surface area contributed by atoms with Crippen LogP contribution in [0.1, 0.15) is 37.7 Å². The summed E-state index contributed by atoms with van der Waals surface area (Å²) in [5.74, 6) is 0.844. The summed E-state index contributed by atoms with van der Waals surface area (Å²) in [4.78, 5) is 8.47. The van der Waals surface area contributed by atoms with E-state index in [1.807, 2.05) is 30.2 Å². The fourth-order valence-electron chi connectivity index (χ4n) is 3.19. The van der Waals surface area contributed by atoms with Crippen molar-refractivity contribution in [2.24, 2.45) is 4.99 Å². The van der Waals surface area contributed by atoms with Crippen LogP contribution in [-0.2, 0) is 6.54 Å². The molecule has 2 N–H and O–H groups in total. The van der Waals surface area contributed by atoms with Gasteiger partial charge >= 0.3 is 0 Å². The fourth-order valence-corrected chi connectivity index (χ4v) is 3.19. The van der Waals surface area contributed by atoms with Crippen LogP contribution in [0.4, 0.5) is 0 Å². The van der Waals surface area contributed by atoms with Crippen molar-refractivity contribution in [3.63, 3.8) is 0 Å². The zero-order valence-corrected chi connectivity index (χ0v) is 14.9. The highest BCUT2D eigenvalue weighted by Gasteiger charge is 2.06. The summed E-state index contributed by atoms with van der Waals surface area (Å²) in [7, 11) is 1.82. The van der Waals surface area contributed by atoms with Gasteiger partial charge in [0.1, 0.15) is 0 Å². The molecular formula is C20H27N5. The minimum atomic E-state index is 0.719. The van der Waals surface area contributed by atoms with E-state index in [-0.39, 0.29) is 0 Å². The molecule has 0 atom stereocenters. The topological polar surface area (TPSA) is 54.2 Å². The minimum Gasteiger partial charge on any atom is -0.356 e. The minimum absolute atomic E-state index is 0.719. The third-order valence-electron chi connectivity index (χ3n) is 4.57. The molecule has 5 nitrogen and oxygen atoms in total. The van der Waals surface area contributed by atoms with Crippen LogP contribution in [0, 0.1) is 0 Å². The molecule has 0 unspecified atom stereocenters. The van der Waals surface area contributed by atoms with Gasteiger partial charge in [-0.05, 0) is 43.7 Å². The number of benzene rings is 1. The lowest BCUT2D eigenvalue weighted by Crippen LogP contribution is -2.37. The average molecular weight is 337 g/mol. The van der Waals surface area contributed by atoms with Crippen molar-refractivity contribution in [3.05, 3.63) is 60.2 Å². The molecule has 132 valence electrons. The van der Waals surface area contributed by atoms with Crippen molar-refractivity contribution >= 4 is 5.96 Å². The maximum Gasteiger partial charge on any atom is 0.191 e. The van der Waals surface area contributed by atoms with Gasteiger partial charge in [-0.15, -0.1) is 0 Å². The lowest BCUT2D eigenvalue weighted by molar-refractivity contribution is 0.665. The predicted octanol–water partition coefficient (Wildman–Crippen LogP) is 3.43. The molecule has 0 saturated heterocycles. The zero-order valence-electron chi connectivity index (χ0n) is 14.9. The van der Waals surface area contributed by atoms with Crippen LogP contribution in [-0.4, -0.2) is 29.1 Å². The molecule has 2 aromatic rings. The van der Waals surface area contributed by atoms with Crippen LogP contribution < -0.4 is 10.6 Å². The highest BCUT2D eigenvalue weighted by molar-refractivity contribution is 5.79.